The molecule has 0 atom stereocenters. The van der Waals surface area contributed by atoms with Crippen LogP contribution in [0.1, 0.15) is 0 Å². The number of hydrogen-bond donors (Lipinski definition) is 2. The van der Waals surface area contributed by atoms with E-state index in [1.165, 1.54) is 4.57 Å². The van der Waals surface area contributed by atoms with Gasteiger partial charge in [0, 0.05) is 14.1 Å². The molecular formula is C4H8N4O. The molecule has 50 valence electrons. The van der Waals surface area contributed by atoms with Crippen LogP contribution in [0.2, 0.25) is 0 Å². The molecule has 5 nitrogen and oxygen atoms in total. The van der Waals surface area contributed by atoms with Crippen LogP contribution in [0.3, 0.4) is 0 Å². The van der Waals surface area contributed by atoms with E-state index in [1.807, 2.05) is 0 Å². The number of hydrogen-bond acceptors (Lipinski definition) is 3. The minimum atomic E-state index is -0.209. The van der Waals surface area contributed by atoms with E-state index in [2.05, 4.69) is 15.5 Å². The van der Waals surface area contributed by atoms with Crippen LogP contribution in [0.4, 0.5) is 5.95 Å². The fourth-order valence-electron chi connectivity index (χ4n) is 0.571. The van der Waals surface area contributed by atoms with Crippen molar-refractivity contribution in [1.29, 1.82) is 0 Å². The Morgan fingerprint density at radius 1 is 1.78 bits per heavy atom. The summed E-state index contributed by atoms with van der Waals surface area (Å²) < 4.78 is 1.39. The van der Waals surface area contributed by atoms with E-state index in [0.29, 0.717) is 5.95 Å². The highest BCUT2D eigenvalue weighted by Gasteiger charge is 1.97. The standard InChI is InChI=1S/C4H8N4O/c1-5-3-6-7-4(9)8(3)2/h1-2H3,(H,5,6)(H,7,9). The van der Waals surface area contributed by atoms with E-state index in [0.717, 1.165) is 0 Å². The second kappa shape index (κ2) is 1.93. The topological polar surface area (TPSA) is 62.7 Å². The summed E-state index contributed by atoms with van der Waals surface area (Å²) in [6.07, 6.45) is 0. The predicted molar refractivity (Wildman–Crippen MR) is 33.4 cm³/mol. The highest BCUT2D eigenvalue weighted by molar-refractivity contribution is 5.20. The number of H-pyrrole nitrogens is 1. The zero-order valence-electron chi connectivity index (χ0n) is 5.30. The quantitative estimate of drug-likeness (QED) is 0.518. The van der Waals surface area contributed by atoms with Crippen molar-refractivity contribution in [2.45, 2.75) is 0 Å². The first-order valence-corrected chi connectivity index (χ1v) is 2.55. The van der Waals surface area contributed by atoms with Gasteiger partial charge in [0.1, 0.15) is 0 Å². The first-order chi connectivity index (χ1) is 4.25. The molecule has 0 aliphatic rings. The smallest absolute Gasteiger partial charge is 0.344 e. The van der Waals surface area contributed by atoms with E-state index in [-0.39, 0.29) is 5.69 Å². The van der Waals surface area contributed by atoms with E-state index in [1.54, 1.807) is 14.1 Å². The van der Waals surface area contributed by atoms with Gasteiger partial charge in [-0.05, 0) is 0 Å². The molecule has 0 fully saturated rings. The summed E-state index contributed by atoms with van der Waals surface area (Å²) in [5, 5.41) is 8.67. The Hall–Kier alpha value is -1.26. The van der Waals surface area contributed by atoms with Gasteiger partial charge in [-0.3, -0.25) is 4.57 Å². The average Bonchev–Trinajstić information content (AvgIpc) is 2.15. The third-order valence-electron chi connectivity index (χ3n) is 1.10. The number of rotatable bonds is 1. The van der Waals surface area contributed by atoms with Crippen molar-refractivity contribution in [3.8, 4) is 0 Å². The maximum Gasteiger partial charge on any atom is 0.344 e. The lowest BCUT2D eigenvalue weighted by Gasteiger charge is -1.92. The second-order valence-electron chi connectivity index (χ2n) is 1.66. The molecule has 2 N–H and O–H groups in total. The molecule has 1 aromatic heterocycles. The van der Waals surface area contributed by atoms with Gasteiger partial charge < -0.3 is 5.32 Å². The Balaban J connectivity index is 3.20. The summed E-state index contributed by atoms with van der Waals surface area (Å²) in [5.74, 6) is 0.542. The Labute approximate surface area is 51.7 Å². The predicted octanol–water partition coefficient (Wildman–Crippen LogP) is -0.850. The molecule has 1 heterocycles. The zero-order valence-corrected chi connectivity index (χ0v) is 5.30. The fourth-order valence-corrected chi connectivity index (χ4v) is 0.571. The van der Waals surface area contributed by atoms with Gasteiger partial charge in [0.2, 0.25) is 5.95 Å². The van der Waals surface area contributed by atoms with Crippen molar-refractivity contribution in [3.63, 3.8) is 0 Å². The third-order valence-corrected chi connectivity index (χ3v) is 1.10. The van der Waals surface area contributed by atoms with E-state index in [9.17, 15) is 4.79 Å². The molecule has 1 aromatic rings. The van der Waals surface area contributed by atoms with E-state index >= 15 is 0 Å². The minimum Gasteiger partial charge on any atom is -0.357 e. The molecule has 0 unspecified atom stereocenters. The van der Waals surface area contributed by atoms with Crippen molar-refractivity contribution in [2.75, 3.05) is 12.4 Å². The van der Waals surface area contributed by atoms with Crippen LogP contribution in [0.15, 0.2) is 4.79 Å². The minimum absolute atomic E-state index is 0.209. The molecule has 0 spiro atoms. The van der Waals surface area contributed by atoms with Gasteiger partial charge in [0.15, 0.2) is 0 Å². The highest BCUT2D eigenvalue weighted by Crippen LogP contribution is 1.89. The highest BCUT2D eigenvalue weighted by atomic mass is 16.1. The van der Waals surface area contributed by atoms with Crippen LogP contribution in [-0.4, -0.2) is 21.8 Å². The summed E-state index contributed by atoms with van der Waals surface area (Å²) in [5.41, 5.74) is -0.209. The molecule has 5 heteroatoms. The monoisotopic (exact) mass is 128 g/mol. The maximum absolute atomic E-state index is 10.6. The van der Waals surface area contributed by atoms with Crippen LogP contribution < -0.4 is 11.0 Å². The average molecular weight is 128 g/mol. The van der Waals surface area contributed by atoms with E-state index < -0.39 is 0 Å². The van der Waals surface area contributed by atoms with Crippen LogP contribution in [0.25, 0.3) is 0 Å². The lowest BCUT2D eigenvalue weighted by molar-refractivity contribution is 0.867. The second-order valence-corrected chi connectivity index (χ2v) is 1.66. The van der Waals surface area contributed by atoms with Crippen molar-refractivity contribution >= 4 is 5.95 Å². The molecule has 0 aliphatic heterocycles. The Bertz CT molecular complexity index is 247. The fraction of sp³-hybridized carbons (Fsp3) is 0.500. The van der Waals surface area contributed by atoms with Crippen molar-refractivity contribution in [1.82, 2.24) is 14.8 Å². The SMILES string of the molecule is CNc1n[nH]c(=O)n1C. The summed E-state index contributed by atoms with van der Waals surface area (Å²) in [7, 11) is 3.34. The lowest BCUT2D eigenvalue weighted by atomic mass is 10.9. The van der Waals surface area contributed by atoms with Crippen LogP contribution in [0.5, 0.6) is 0 Å². The molecule has 0 aliphatic carbocycles. The first-order valence-electron chi connectivity index (χ1n) is 2.55. The molecule has 9 heavy (non-hydrogen) atoms. The van der Waals surface area contributed by atoms with Gasteiger partial charge in [-0.1, -0.05) is 0 Å². The number of anilines is 1. The van der Waals surface area contributed by atoms with Gasteiger partial charge >= 0.3 is 5.69 Å². The normalized spacial score (nSPS) is 9.56. The van der Waals surface area contributed by atoms with Gasteiger partial charge in [0.25, 0.3) is 0 Å². The van der Waals surface area contributed by atoms with Gasteiger partial charge in [-0.25, -0.2) is 9.89 Å². The third kappa shape index (κ3) is 0.802. The Kier molecular flexibility index (Phi) is 1.26. The molecule has 0 amide bonds. The summed E-state index contributed by atoms with van der Waals surface area (Å²) in [4.78, 5) is 10.6. The molecular weight excluding hydrogens is 120 g/mol. The molecule has 0 bridgehead atoms. The van der Waals surface area contributed by atoms with Crippen molar-refractivity contribution < 1.29 is 0 Å². The number of nitrogens with zero attached hydrogens (tertiary/aromatic N) is 2. The Morgan fingerprint density at radius 3 is 2.67 bits per heavy atom. The van der Waals surface area contributed by atoms with Crippen molar-refractivity contribution in [2.24, 2.45) is 7.05 Å². The van der Waals surface area contributed by atoms with Crippen molar-refractivity contribution in [3.05, 3.63) is 10.5 Å². The van der Waals surface area contributed by atoms with Gasteiger partial charge in [-0.2, -0.15) is 0 Å². The zero-order chi connectivity index (χ0) is 6.85. The maximum atomic E-state index is 10.6. The van der Waals surface area contributed by atoms with E-state index in [4.69, 9.17) is 0 Å². The molecule has 1 rings (SSSR count). The number of aromatic nitrogens is 3. The van der Waals surface area contributed by atoms with Crippen LogP contribution in [0, 0.1) is 0 Å². The van der Waals surface area contributed by atoms with Crippen LogP contribution >= 0.6 is 0 Å². The largest absolute Gasteiger partial charge is 0.357 e. The van der Waals surface area contributed by atoms with Gasteiger partial charge in [0.05, 0.1) is 0 Å². The summed E-state index contributed by atoms with van der Waals surface area (Å²) >= 11 is 0. The first kappa shape index (κ1) is 5.87. The lowest BCUT2D eigenvalue weighted by Crippen LogP contribution is -2.13. The van der Waals surface area contributed by atoms with Gasteiger partial charge in [-0.15, -0.1) is 5.10 Å². The molecule has 0 radical (unpaired) electrons. The Morgan fingerprint density at radius 2 is 2.44 bits per heavy atom. The molecule has 0 saturated carbocycles. The van der Waals surface area contributed by atoms with Crippen LogP contribution in [-0.2, 0) is 7.05 Å². The molecule has 0 saturated heterocycles. The number of aromatic amines is 1. The number of nitrogens with one attached hydrogen (secondary N) is 2. The summed E-state index contributed by atoms with van der Waals surface area (Å²) in [6.45, 7) is 0. The molecule has 0 aromatic carbocycles. The summed E-state index contributed by atoms with van der Waals surface area (Å²) in [6, 6.07) is 0.